The molecular weight excluding hydrogens is 220 g/mol. The Morgan fingerprint density at radius 2 is 1.67 bits per heavy atom. The lowest BCUT2D eigenvalue weighted by atomic mass is 10.0. The molecule has 0 amide bonds. The summed E-state index contributed by atoms with van der Waals surface area (Å²) < 4.78 is 0. The Morgan fingerprint density at radius 3 is 2.17 bits per heavy atom. The molecule has 0 aliphatic heterocycles. The van der Waals surface area contributed by atoms with Crippen molar-refractivity contribution in [3.8, 4) is 0 Å². The maximum atomic E-state index is 3.44. The predicted octanol–water partition coefficient (Wildman–Crippen LogP) is 3.32. The summed E-state index contributed by atoms with van der Waals surface area (Å²) in [6.07, 6.45) is 1.17. The van der Waals surface area contributed by atoms with Crippen LogP contribution in [0.15, 0.2) is 24.3 Å². The van der Waals surface area contributed by atoms with Gasteiger partial charge in [0.1, 0.15) is 0 Å². The van der Waals surface area contributed by atoms with Crippen molar-refractivity contribution in [2.24, 2.45) is 5.92 Å². The fourth-order valence-electron chi connectivity index (χ4n) is 2.01. The van der Waals surface area contributed by atoms with E-state index in [-0.39, 0.29) is 0 Å². The lowest BCUT2D eigenvalue weighted by molar-refractivity contribution is 0.589. The van der Waals surface area contributed by atoms with Crippen LogP contribution in [0.2, 0.25) is 0 Å². The molecule has 0 spiro atoms. The largest absolute Gasteiger partial charge is 0.373 e. The van der Waals surface area contributed by atoms with Crippen molar-refractivity contribution in [1.82, 2.24) is 5.32 Å². The first-order valence-electron chi connectivity index (χ1n) is 7.02. The van der Waals surface area contributed by atoms with Crippen LogP contribution in [0, 0.1) is 5.92 Å². The number of anilines is 1. The normalized spacial score (nSPS) is 11.3. The van der Waals surface area contributed by atoms with Crippen LogP contribution in [0.25, 0.3) is 0 Å². The molecule has 1 aromatic rings. The highest BCUT2D eigenvalue weighted by Crippen LogP contribution is 2.15. The number of nitrogens with one attached hydrogen (secondary N) is 1. The van der Waals surface area contributed by atoms with Crippen LogP contribution in [0.5, 0.6) is 0 Å². The summed E-state index contributed by atoms with van der Waals surface area (Å²) >= 11 is 0. The lowest BCUT2D eigenvalue weighted by Gasteiger charge is -2.21. The summed E-state index contributed by atoms with van der Waals surface area (Å²) in [6, 6.07) is 9.52. The molecule has 0 saturated carbocycles. The Labute approximate surface area is 112 Å². The molecule has 1 aromatic carbocycles. The highest BCUT2D eigenvalue weighted by molar-refractivity contribution is 5.46. The maximum absolute atomic E-state index is 3.44. The van der Waals surface area contributed by atoms with Crippen LogP contribution < -0.4 is 10.2 Å². The SMILES string of the molecule is CC(C)Cc1ccc(N(C)CCNC(C)C)cc1. The van der Waals surface area contributed by atoms with Gasteiger partial charge >= 0.3 is 0 Å². The van der Waals surface area contributed by atoms with Crippen LogP contribution in [0.4, 0.5) is 5.69 Å². The number of likely N-dealkylation sites (N-methyl/N-ethyl adjacent to an activating group) is 1. The quantitative estimate of drug-likeness (QED) is 0.796. The minimum absolute atomic E-state index is 0.562. The summed E-state index contributed by atoms with van der Waals surface area (Å²) in [7, 11) is 2.15. The fourth-order valence-corrected chi connectivity index (χ4v) is 2.01. The van der Waals surface area contributed by atoms with E-state index in [0.717, 1.165) is 19.0 Å². The van der Waals surface area contributed by atoms with E-state index in [0.29, 0.717) is 6.04 Å². The van der Waals surface area contributed by atoms with Crippen LogP contribution in [-0.4, -0.2) is 26.2 Å². The van der Waals surface area contributed by atoms with Gasteiger partial charge in [-0.15, -0.1) is 0 Å². The van der Waals surface area contributed by atoms with E-state index >= 15 is 0 Å². The molecule has 0 aromatic heterocycles. The van der Waals surface area contributed by atoms with Crippen LogP contribution in [-0.2, 0) is 6.42 Å². The average molecular weight is 248 g/mol. The number of rotatable bonds is 7. The van der Waals surface area contributed by atoms with Crippen LogP contribution >= 0.6 is 0 Å². The van der Waals surface area contributed by atoms with E-state index in [1.807, 2.05) is 0 Å². The first-order valence-corrected chi connectivity index (χ1v) is 7.02. The van der Waals surface area contributed by atoms with Crippen LogP contribution in [0.1, 0.15) is 33.3 Å². The van der Waals surface area contributed by atoms with Crippen molar-refractivity contribution in [3.63, 3.8) is 0 Å². The molecule has 0 aliphatic carbocycles. The van der Waals surface area contributed by atoms with Gasteiger partial charge in [-0.05, 0) is 30.0 Å². The zero-order chi connectivity index (χ0) is 13.5. The van der Waals surface area contributed by atoms with Crippen molar-refractivity contribution in [3.05, 3.63) is 29.8 Å². The molecule has 0 saturated heterocycles. The van der Waals surface area contributed by atoms with Crippen LogP contribution in [0.3, 0.4) is 0 Å². The second-order valence-corrected chi connectivity index (χ2v) is 5.79. The van der Waals surface area contributed by atoms with Gasteiger partial charge < -0.3 is 10.2 Å². The summed E-state index contributed by atoms with van der Waals surface area (Å²) in [4.78, 5) is 2.30. The molecule has 0 aliphatic rings. The fraction of sp³-hybridized carbons (Fsp3) is 0.625. The molecule has 0 bridgehead atoms. The third kappa shape index (κ3) is 5.54. The summed E-state index contributed by atoms with van der Waals surface area (Å²) in [5.74, 6) is 0.726. The Balaban J connectivity index is 2.46. The summed E-state index contributed by atoms with van der Waals surface area (Å²) in [6.45, 7) is 11.0. The molecule has 0 fully saturated rings. The highest BCUT2D eigenvalue weighted by atomic mass is 15.1. The second-order valence-electron chi connectivity index (χ2n) is 5.79. The van der Waals surface area contributed by atoms with Gasteiger partial charge in [-0.1, -0.05) is 39.8 Å². The molecule has 0 atom stereocenters. The zero-order valence-electron chi connectivity index (χ0n) is 12.5. The minimum Gasteiger partial charge on any atom is -0.373 e. The summed E-state index contributed by atoms with van der Waals surface area (Å²) in [5, 5.41) is 3.44. The molecule has 1 rings (SSSR count). The first kappa shape index (κ1) is 15.0. The van der Waals surface area contributed by atoms with Gasteiger partial charge in [0.25, 0.3) is 0 Å². The van der Waals surface area contributed by atoms with Gasteiger partial charge in [0, 0.05) is 31.9 Å². The highest BCUT2D eigenvalue weighted by Gasteiger charge is 2.02. The third-order valence-electron chi connectivity index (χ3n) is 3.02. The maximum Gasteiger partial charge on any atom is 0.0364 e. The number of hydrogen-bond donors (Lipinski definition) is 1. The number of nitrogens with zero attached hydrogens (tertiary/aromatic N) is 1. The predicted molar refractivity (Wildman–Crippen MR) is 81.4 cm³/mol. The molecule has 102 valence electrons. The van der Waals surface area contributed by atoms with Crippen molar-refractivity contribution < 1.29 is 0 Å². The van der Waals surface area contributed by atoms with Gasteiger partial charge in [0.15, 0.2) is 0 Å². The first-order chi connectivity index (χ1) is 8.49. The van der Waals surface area contributed by atoms with E-state index in [2.05, 4.69) is 69.2 Å². The molecule has 0 unspecified atom stereocenters. The Hall–Kier alpha value is -1.02. The molecular formula is C16H28N2. The van der Waals surface area contributed by atoms with E-state index in [9.17, 15) is 0 Å². The summed E-state index contributed by atoms with van der Waals surface area (Å²) in [5.41, 5.74) is 2.73. The average Bonchev–Trinajstić information content (AvgIpc) is 2.28. The standard InChI is InChI=1S/C16H28N2/c1-13(2)12-15-6-8-16(9-7-15)18(5)11-10-17-14(3)4/h6-9,13-14,17H,10-12H2,1-5H3. The number of hydrogen-bond acceptors (Lipinski definition) is 2. The Bertz CT molecular complexity index is 327. The molecule has 2 heteroatoms. The van der Waals surface area contributed by atoms with E-state index in [4.69, 9.17) is 0 Å². The monoisotopic (exact) mass is 248 g/mol. The van der Waals surface area contributed by atoms with Crippen molar-refractivity contribution >= 4 is 5.69 Å². The van der Waals surface area contributed by atoms with Gasteiger partial charge in [-0.3, -0.25) is 0 Å². The molecule has 0 radical (unpaired) electrons. The van der Waals surface area contributed by atoms with Gasteiger partial charge in [-0.25, -0.2) is 0 Å². The molecule has 2 nitrogen and oxygen atoms in total. The molecule has 0 heterocycles. The van der Waals surface area contributed by atoms with Crippen molar-refractivity contribution in [2.45, 2.75) is 40.2 Å². The minimum atomic E-state index is 0.562. The topological polar surface area (TPSA) is 15.3 Å². The van der Waals surface area contributed by atoms with Gasteiger partial charge in [0.05, 0.1) is 0 Å². The smallest absolute Gasteiger partial charge is 0.0364 e. The Kier molecular flexibility index (Phi) is 6.20. The van der Waals surface area contributed by atoms with E-state index in [1.54, 1.807) is 0 Å². The molecule has 18 heavy (non-hydrogen) atoms. The third-order valence-corrected chi connectivity index (χ3v) is 3.02. The zero-order valence-corrected chi connectivity index (χ0v) is 12.5. The Morgan fingerprint density at radius 1 is 1.06 bits per heavy atom. The van der Waals surface area contributed by atoms with Gasteiger partial charge in [-0.2, -0.15) is 0 Å². The van der Waals surface area contributed by atoms with Crippen molar-refractivity contribution in [1.29, 1.82) is 0 Å². The second kappa shape index (κ2) is 7.42. The lowest BCUT2D eigenvalue weighted by Crippen LogP contribution is -2.32. The van der Waals surface area contributed by atoms with E-state index < -0.39 is 0 Å². The number of benzene rings is 1. The van der Waals surface area contributed by atoms with Gasteiger partial charge in [0.2, 0.25) is 0 Å². The van der Waals surface area contributed by atoms with E-state index in [1.165, 1.54) is 17.7 Å². The van der Waals surface area contributed by atoms with Crippen molar-refractivity contribution in [2.75, 3.05) is 25.0 Å². The molecule has 1 N–H and O–H groups in total.